The topological polar surface area (TPSA) is 93.1 Å². The van der Waals surface area contributed by atoms with Crippen molar-refractivity contribution in [1.82, 2.24) is 4.90 Å². The van der Waals surface area contributed by atoms with Gasteiger partial charge in [-0.1, -0.05) is 0 Å². The second kappa shape index (κ2) is 6.11. The van der Waals surface area contributed by atoms with E-state index < -0.39 is 35.6 Å². The van der Waals surface area contributed by atoms with E-state index in [2.05, 4.69) is 4.74 Å². The Labute approximate surface area is 117 Å². The molecule has 1 saturated heterocycles. The maximum Gasteiger partial charge on any atom is 0.411 e. The van der Waals surface area contributed by atoms with Crippen LogP contribution >= 0.6 is 0 Å². The largest absolute Gasteiger partial charge is 0.480 e. The summed E-state index contributed by atoms with van der Waals surface area (Å²) in [6, 6.07) is -0.967. The van der Waals surface area contributed by atoms with E-state index in [-0.39, 0.29) is 13.0 Å². The quantitative estimate of drug-likeness (QED) is 0.768. The number of esters is 1. The van der Waals surface area contributed by atoms with Crippen LogP contribution in [0, 0.1) is 5.92 Å². The Morgan fingerprint density at radius 1 is 1.20 bits per heavy atom. The highest BCUT2D eigenvalue weighted by Gasteiger charge is 2.40. The number of likely N-dealkylation sites (tertiary alicyclic amines) is 1. The van der Waals surface area contributed by atoms with Crippen molar-refractivity contribution in [3.63, 3.8) is 0 Å². The lowest BCUT2D eigenvalue weighted by atomic mass is 9.93. The number of amides is 1. The molecule has 0 radical (unpaired) electrons. The van der Waals surface area contributed by atoms with Gasteiger partial charge in [-0.25, -0.2) is 9.59 Å². The van der Waals surface area contributed by atoms with Gasteiger partial charge in [-0.3, -0.25) is 9.69 Å². The van der Waals surface area contributed by atoms with Crippen molar-refractivity contribution in [3.05, 3.63) is 0 Å². The fraction of sp³-hybridized carbons (Fsp3) is 0.769. The number of methoxy groups -OCH3 is 1. The minimum absolute atomic E-state index is 0.00144. The lowest BCUT2D eigenvalue weighted by Gasteiger charge is -2.37. The summed E-state index contributed by atoms with van der Waals surface area (Å²) in [6.45, 7) is 5.09. The number of hydrogen-bond acceptors (Lipinski definition) is 5. The number of rotatable bonds is 2. The van der Waals surface area contributed by atoms with Gasteiger partial charge in [0.25, 0.3) is 0 Å². The van der Waals surface area contributed by atoms with Crippen LogP contribution in [0.4, 0.5) is 4.79 Å². The molecule has 0 aromatic carbocycles. The van der Waals surface area contributed by atoms with E-state index >= 15 is 0 Å². The zero-order valence-electron chi connectivity index (χ0n) is 12.2. The number of nitrogens with zero attached hydrogens (tertiary/aromatic N) is 1. The lowest BCUT2D eigenvalue weighted by molar-refractivity contribution is -0.153. The monoisotopic (exact) mass is 287 g/mol. The second-order valence-corrected chi connectivity index (χ2v) is 5.78. The Balaban J connectivity index is 2.86. The van der Waals surface area contributed by atoms with Crippen molar-refractivity contribution < 1.29 is 29.0 Å². The standard InChI is InChI=1S/C13H21NO6/c1-13(2,3)20-12(18)14-7-8(11(17)19-4)5-6-9(14)10(15)16/h8-9H,5-7H2,1-4H3,(H,15,16)/t8-,9-/m0/s1. The summed E-state index contributed by atoms with van der Waals surface area (Å²) in [4.78, 5) is 35.9. The molecule has 2 atom stereocenters. The Morgan fingerprint density at radius 3 is 2.25 bits per heavy atom. The average Bonchev–Trinajstić information content (AvgIpc) is 2.34. The first-order valence-electron chi connectivity index (χ1n) is 6.46. The number of carboxylic acids is 1. The number of carbonyl (C=O) groups excluding carboxylic acids is 2. The van der Waals surface area contributed by atoms with Gasteiger partial charge < -0.3 is 14.6 Å². The van der Waals surface area contributed by atoms with Gasteiger partial charge >= 0.3 is 18.0 Å². The van der Waals surface area contributed by atoms with Gasteiger partial charge in [-0.15, -0.1) is 0 Å². The molecule has 1 fully saturated rings. The van der Waals surface area contributed by atoms with E-state index in [0.29, 0.717) is 6.42 Å². The van der Waals surface area contributed by atoms with Crippen LogP contribution in [0.5, 0.6) is 0 Å². The summed E-state index contributed by atoms with van der Waals surface area (Å²) in [5.41, 5.74) is -0.724. The zero-order valence-corrected chi connectivity index (χ0v) is 12.2. The van der Waals surface area contributed by atoms with Crippen LogP contribution < -0.4 is 0 Å². The van der Waals surface area contributed by atoms with Crippen LogP contribution in [0.25, 0.3) is 0 Å². The fourth-order valence-electron chi connectivity index (χ4n) is 2.11. The molecule has 0 aromatic rings. The third-order valence-electron chi connectivity index (χ3n) is 3.03. The van der Waals surface area contributed by atoms with Gasteiger partial charge in [0.2, 0.25) is 0 Å². The van der Waals surface area contributed by atoms with Crippen LogP contribution in [0.2, 0.25) is 0 Å². The molecule has 1 heterocycles. The predicted molar refractivity (Wildman–Crippen MR) is 69.1 cm³/mol. The summed E-state index contributed by atoms with van der Waals surface area (Å²) in [6.07, 6.45) is -0.143. The van der Waals surface area contributed by atoms with E-state index in [4.69, 9.17) is 4.74 Å². The highest BCUT2D eigenvalue weighted by molar-refractivity contribution is 5.82. The molecule has 0 unspecified atom stereocenters. The summed E-state index contributed by atoms with van der Waals surface area (Å²) >= 11 is 0. The molecule has 0 spiro atoms. The molecule has 1 aliphatic heterocycles. The molecule has 1 N–H and O–H groups in total. The van der Waals surface area contributed by atoms with Gasteiger partial charge in [0.05, 0.1) is 13.0 Å². The van der Waals surface area contributed by atoms with Crippen LogP contribution in [-0.2, 0) is 19.1 Å². The van der Waals surface area contributed by atoms with E-state index in [0.717, 1.165) is 4.90 Å². The minimum atomic E-state index is -1.10. The summed E-state index contributed by atoms with van der Waals surface area (Å²) in [5, 5.41) is 9.17. The number of ether oxygens (including phenoxy) is 2. The number of hydrogen-bond donors (Lipinski definition) is 1. The molecule has 114 valence electrons. The molecule has 0 aromatic heterocycles. The third-order valence-corrected chi connectivity index (χ3v) is 3.03. The van der Waals surface area contributed by atoms with E-state index in [9.17, 15) is 19.5 Å². The number of carbonyl (C=O) groups is 3. The van der Waals surface area contributed by atoms with Gasteiger partial charge in [-0.05, 0) is 33.6 Å². The van der Waals surface area contributed by atoms with Crippen molar-refractivity contribution in [1.29, 1.82) is 0 Å². The first-order valence-corrected chi connectivity index (χ1v) is 6.46. The Kier molecular flexibility index (Phi) is 4.97. The maximum atomic E-state index is 12.1. The molecule has 20 heavy (non-hydrogen) atoms. The van der Waals surface area contributed by atoms with Crippen LogP contribution in [0.15, 0.2) is 0 Å². The molecule has 7 heteroatoms. The fourth-order valence-corrected chi connectivity index (χ4v) is 2.11. The van der Waals surface area contributed by atoms with Crippen molar-refractivity contribution in [2.45, 2.75) is 45.3 Å². The first kappa shape index (κ1) is 16.3. The predicted octanol–water partition coefficient (Wildman–Crippen LogP) is 1.26. The van der Waals surface area contributed by atoms with E-state index in [1.807, 2.05) is 0 Å². The second-order valence-electron chi connectivity index (χ2n) is 5.78. The number of aliphatic carboxylic acids is 1. The Morgan fingerprint density at radius 2 is 1.80 bits per heavy atom. The summed E-state index contributed by atoms with van der Waals surface area (Å²) in [7, 11) is 1.27. The number of carboxylic acid groups (broad SMARTS) is 1. The third kappa shape index (κ3) is 4.11. The van der Waals surface area contributed by atoms with Crippen LogP contribution in [0.1, 0.15) is 33.6 Å². The van der Waals surface area contributed by atoms with Crippen LogP contribution in [-0.4, -0.2) is 53.3 Å². The lowest BCUT2D eigenvalue weighted by Crippen LogP contribution is -2.53. The normalized spacial score (nSPS) is 23.1. The molecule has 1 rings (SSSR count). The smallest absolute Gasteiger partial charge is 0.411 e. The molecule has 0 aliphatic carbocycles. The molecule has 1 aliphatic rings. The van der Waals surface area contributed by atoms with E-state index in [1.54, 1.807) is 20.8 Å². The van der Waals surface area contributed by atoms with Gasteiger partial charge in [0.15, 0.2) is 0 Å². The van der Waals surface area contributed by atoms with Crippen molar-refractivity contribution in [3.8, 4) is 0 Å². The van der Waals surface area contributed by atoms with Crippen LogP contribution in [0.3, 0.4) is 0 Å². The number of piperidine rings is 1. The maximum absolute atomic E-state index is 12.1. The highest BCUT2D eigenvalue weighted by atomic mass is 16.6. The highest BCUT2D eigenvalue weighted by Crippen LogP contribution is 2.25. The van der Waals surface area contributed by atoms with E-state index in [1.165, 1.54) is 7.11 Å². The van der Waals surface area contributed by atoms with Gasteiger partial charge in [0, 0.05) is 6.54 Å². The van der Waals surface area contributed by atoms with Gasteiger partial charge in [0.1, 0.15) is 11.6 Å². The molecule has 1 amide bonds. The SMILES string of the molecule is COC(=O)[C@H]1CC[C@@H](C(=O)O)N(C(=O)OC(C)(C)C)C1. The molecule has 0 bridgehead atoms. The van der Waals surface area contributed by atoms with Gasteiger partial charge in [-0.2, -0.15) is 0 Å². The molecular formula is C13H21NO6. The van der Waals surface area contributed by atoms with Crippen molar-refractivity contribution in [2.24, 2.45) is 5.92 Å². The molecule has 7 nitrogen and oxygen atoms in total. The van der Waals surface area contributed by atoms with Crippen molar-refractivity contribution in [2.75, 3.05) is 13.7 Å². The summed E-state index contributed by atoms with van der Waals surface area (Å²) < 4.78 is 9.84. The summed E-state index contributed by atoms with van der Waals surface area (Å²) in [5.74, 6) is -2.05. The first-order chi connectivity index (χ1) is 9.15. The zero-order chi connectivity index (χ0) is 15.5. The molecule has 0 saturated carbocycles. The minimum Gasteiger partial charge on any atom is -0.480 e. The Bertz CT molecular complexity index is 400. The van der Waals surface area contributed by atoms with Crippen molar-refractivity contribution >= 4 is 18.0 Å². The Hall–Kier alpha value is -1.79. The average molecular weight is 287 g/mol. The molecular weight excluding hydrogens is 266 g/mol.